The number of amides is 1. The van der Waals surface area contributed by atoms with Crippen LogP contribution in [0.1, 0.15) is 62.1 Å². The Bertz CT molecular complexity index is 520. The summed E-state index contributed by atoms with van der Waals surface area (Å²) in [6.07, 6.45) is 8.18. The van der Waals surface area contributed by atoms with Crippen molar-refractivity contribution in [3.63, 3.8) is 0 Å². The molecule has 1 amide bonds. The first-order valence-electron chi connectivity index (χ1n) is 8.21. The Kier molecular flexibility index (Phi) is 4.03. The number of hydrogen-bond donors (Lipinski definition) is 1. The summed E-state index contributed by atoms with van der Waals surface area (Å²) >= 11 is 0. The molecular weight excluding hydrogens is 260 g/mol. The highest BCUT2D eigenvalue weighted by Crippen LogP contribution is 2.35. The standard InChI is InChI=1S/C18H26N2O/c1-20(17(21)13-18(19)11-4-5-12-18)16-10-6-8-14-7-2-3-9-15(14)16/h2-3,7,9,16H,4-6,8,10-13,19H2,1H3. The number of carbonyl (C=O) groups excluding carboxylic acids is 1. The fraction of sp³-hybridized carbons (Fsp3) is 0.611. The van der Waals surface area contributed by atoms with Gasteiger partial charge in [-0.1, -0.05) is 37.1 Å². The molecule has 3 heteroatoms. The fourth-order valence-corrected chi connectivity index (χ4v) is 3.99. The highest BCUT2D eigenvalue weighted by molar-refractivity contribution is 5.78. The number of nitrogens with zero attached hydrogens (tertiary/aromatic N) is 1. The van der Waals surface area contributed by atoms with E-state index in [-0.39, 0.29) is 17.5 Å². The first-order chi connectivity index (χ1) is 10.1. The molecule has 3 nitrogen and oxygen atoms in total. The van der Waals surface area contributed by atoms with E-state index in [2.05, 4.69) is 24.3 Å². The Morgan fingerprint density at radius 2 is 2.00 bits per heavy atom. The second-order valence-electron chi connectivity index (χ2n) is 6.86. The molecule has 0 bridgehead atoms. The van der Waals surface area contributed by atoms with Gasteiger partial charge in [-0.25, -0.2) is 0 Å². The number of nitrogens with two attached hydrogens (primary N) is 1. The second-order valence-corrected chi connectivity index (χ2v) is 6.86. The molecular formula is C18H26N2O. The van der Waals surface area contributed by atoms with E-state index in [1.54, 1.807) is 0 Å². The summed E-state index contributed by atoms with van der Waals surface area (Å²) in [5.41, 5.74) is 8.85. The Labute approximate surface area is 127 Å². The topological polar surface area (TPSA) is 46.3 Å². The summed E-state index contributed by atoms with van der Waals surface area (Å²) in [6, 6.07) is 8.78. The highest BCUT2D eigenvalue weighted by atomic mass is 16.2. The van der Waals surface area contributed by atoms with Crippen molar-refractivity contribution in [2.24, 2.45) is 5.73 Å². The van der Waals surface area contributed by atoms with Gasteiger partial charge in [-0.2, -0.15) is 0 Å². The molecule has 0 aromatic heterocycles. The molecule has 2 aliphatic carbocycles. The van der Waals surface area contributed by atoms with Gasteiger partial charge in [0.2, 0.25) is 5.91 Å². The largest absolute Gasteiger partial charge is 0.339 e. The Morgan fingerprint density at radius 3 is 2.76 bits per heavy atom. The van der Waals surface area contributed by atoms with Crippen molar-refractivity contribution in [2.75, 3.05) is 7.05 Å². The summed E-state index contributed by atoms with van der Waals surface area (Å²) in [5.74, 6) is 0.209. The molecule has 0 heterocycles. The molecule has 2 N–H and O–H groups in total. The molecule has 0 radical (unpaired) electrons. The molecule has 0 saturated heterocycles. The van der Waals surface area contributed by atoms with Crippen LogP contribution in [0.3, 0.4) is 0 Å². The van der Waals surface area contributed by atoms with Gasteiger partial charge in [0.1, 0.15) is 0 Å². The molecule has 1 fully saturated rings. The van der Waals surface area contributed by atoms with Crippen LogP contribution in [0.25, 0.3) is 0 Å². The first-order valence-corrected chi connectivity index (χ1v) is 8.21. The molecule has 1 unspecified atom stereocenters. The van der Waals surface area contributed by atoms with Gasteiger partial charge in [0.05, 0.1) is 6.04 Å². The third-order valence-electron chi connectivity index (χ3n) is 5.30. The molecule has 0 spiro atoms. The van der Waals surface area contributed by atoms with Crippen LogP contribution in [0, 0.1) is 0 Å². The van der Waals surface area contributed by atoms with Crippen LogP contribution in [0.15, 0.2) is 24.3 Å². The molecule has 1 saturated carbocycles. The van der Waals surface area contributed by atoms with Gasteiger partial charge < -0.3 is 10.6 Å². The minimum absolute atomic E-state index is 0.209. The van der Waals surface area contributed by atoms with E-state index in [0.717, 1.165) is 32.1 Å². The van der Waals surface area contributed by atoms with E-state index in [9.17, 15) is 4.79 Å². The van der Waals surface area contributed by atoms with Crippen molar-refractivity contribution in [1.29, 1.82) is 0 Å². The zero-order valence-electron chi connectivity index (χ0n) is 13.0. The van der Waals surface area contributed by atoms with Crippen molar-refractivity contribution in [3.05, 3.63) is 35.4 Å². The van der Waals surface area contributed by atoms with Crippen LogP contribution in [0.4, 0.5) is 0 Å². The SMILES string of the molecule is CN(C(=O)CC1(N)CCCC1)C1CCCc2ccccc21. The maximum Gasteiger partial charge on any atom is 0.224 e. The monoisotopic (exact) mass is 286 g/mol. The second kappa shape index (κ2) is 5.80. The molecule has 114 valence electrons. The van der Waals surface area contributed by atoms with Crippen molar-refractivity contribution >= 4 is 5.91 Å². The van der Waals surface area contributed by atoms with E-state index in [0.29, 0.717) is 6.42 Å². The molecule has 1 atom stereocenters. The van der Waals surface area contributed by atoms with Crippen LogP contribution in [0.5, 0.6) is 0 Å². The fourth-order valence-electron chi connectivity index (χ4n) is 3.99. The zero-order valence-corrected chi connectivity index (χ0v) is 13.0. The number of carbonyl (C=O) groups is 1. The average molecular weight is 286 g/mol. The number of hydrogen-bond acceptors (Lipinski definition) is 2. The van der Waals surface area contributed by atoms with Crippen LogP contribution in [-0.2, 0) is 11.2 Å². The van der Waals surface area contributed by atoms with Gasteiger partial charge in [-0.05, 0) is 43.2 Å². The predicted octanol–water partition coefficient (Wildman–Crippen LogP) is 3.18. The maximum atomic E-state index is 12.7. The van der Waals surface area contributed by atoms with Crippen molar-refractivity contribution in [3.8, 4) is 0 Å². The minimum Gasteiger partial charge on any atom is -0.339 e. The van der Waals surface area contributed by atoms with Gasteiger partial charge in [0.25, 0.3) is 0 Å². The summed E-state index contributed by atoms with van der Waals surface area (Å²) in [7, 11) is 1.95. The Hall–Kier alpha value is -1.35. The minimum atomic E-state index is -0.250. The number of rotatable bonds is 3. The molecule has 1 aromatic carbocycles. The van der Waals surface area contributed by atoms with Crippen molar-refractivity contribution in [1.82, 2.24) is 4.90 Å². The summed E-state index contributed by atoms with van der Waals surface area (Å²) in [4.78, 5) is 14.6. The van der Waals surface area contributed by atoms with Crippen LogP contribution in [0.2, 0.25) is 0 Å². The Balaban J connectivity index is 1.73. The van der Waals surface area contributed by atoms with Gasteiger partial charge >= 0.3 is 0 Å². The van der Waals surface area contributed by atoms with Crippen LogP contribution < -0.4 is 5.73 Å². The van der Waals surface area contributed by atoms with Gasteiger partial charge in [-0.15, -0.1) is 0 Å². The van der Waals surface area contributed by atoms with Crippen molar-refractivity contribution < 1.29 is 4.79 Å². The molecule has 0 aliphatic heterocycles. The summed E-state index contributed by atoms with van der Waals surface area (Å²) < 4.78 is 0. The van der Waals surface area contributed by atoms with Crippen LogP contribution >= 0.6 is 0 Å². The summed E-state index contributed by atoms with van der Waals surface area (Å²) in [6.45, 7) is 0. The molecule has 3 rings (SSSR count). The van der Waals surface area contributed by atoms with E-state index in [1.807, 2.05) is 11.9 Å². The van der Waals surface area contributed by atoms with E-state index in [4.69, 9.17) is 5.73 Å². The smallest absolute Gasteiger partial charge is 0.224 e. The van der Waals surface area contributed by atoms with Gasteiger partial charge in [-0.3, -0.25) is 4.79 Å². The maximum absolute atomic E-state index is 12.7. The zero-order chi connectivity index (χ0) is 14.9. The van der Waals surface area contributed by atoms with Gasteiger partial charge in [0, 0.05) is 19.0 Å². The van der Waals surface area contributed by atoms with Gasteiger partial charge in [0.15, 0.2) is 0 Å². The lowest BCUT2D eigenvalue weighted by Gasteiger charge is -2.35. The quantitative estimate of drug-likeness (QED) is 0.927. The lowest BCUT2D eigenvalue weighted by atomic mass is 9.86. The molecule has 2 aliphatic rings. The highest BCUT2D eigenvalue weighted by Gasteiger charge is 2.35. The molecule has 21 heavy (non-hydrogen) atoms. The first kappa shape index (κ1) is 14.6. The van der Waals surface area contributed by atoms with Crippen LogP contribution in [-0.4, -0.2) is 23.4 Å². The lowest BCUT2D eigenvalue weighted by Crippen LogP contribution is -2.44. The van der Waals surface area contributed by atoms with Crippen molar-refractivity contribution in [2.45, 2.75) is 62.9 Å². The lowest BCUT2D eigenvalue weighted by molar-refractivity contribution is -0.133. The third kappa shape index (κ3) is 2.98. The number of benzene rings is 1. The summed E-state index contributed by atoms with van der Waals surface area (Å²) in [5, 5.41) is 0. The Morgan fingerprint density at radius 1 is 1.29 bits per heavy atom. The number of fused-ring (bicyclic) bond motifs is 1. The van der Waals surface area contributed by atoms with E-state index in [1.165, 1.54) is 24.0 Å². The van der Waals surface area contributed by atoms with E-state index < -0.39 is 0 Å². The third-order valence-corrected chi connectivity index (χ3v) is 5.30. The van der Waals surface area contributed by atoms with E-state index >= 15 is 0 Å². The number of aryl methyl sites for hydroxylation is 1. The average Bonchev–Trinajstić information content (AvgIpc) is 2.92. The predicted molar refractivity (Wildman–Crippen MR) is 84.9 cm³/mol. The normalized spacial score (nSPS) is 23.6. The molecule has 1 aromatic rings.